The lowest BCUT2D eigenvalue weighted by molar-refractivity contribution is -0.122. The van der Waals surface area contributed by atoms with Crippen LogP contribution < -0.4 is 21.7 Å². The molecule has 2 aliphatic carbocycles. The number of hydrogen-bond donors (Lipinski definition) is 4. The van der Waals surface area contributed by atoms with E-state index in [9.17, 15) is 14.0 Å². The number of halogens is 2. The molecule has 3 amide bonds. The second kappa shape index (κ2) is 9.90. The van der Waals surface area contributed by atoms with Crippen molar-refractivity contribution in [1.29, 1.82) is 0 Å². The van der Waals surface area contributed by atoms with E-state index in [1.165, 1.54) is 18.6 Å². The van der Waals surface area contributed by atoms with Crippen molar-refractivity contribution in [3.8, 4) is 0 Å². The highest BCUT2D eigenvalue weighted by atomic mass is 35.5. The number of nitrogens with one attached hydrogen (secondary N) is 3. The average molecular weight is 399 g/mol. The van der Waals surface area contributed by atoms with Crippen molar-refractivity contribution in [1.82, 2.24) is 16.0 Å². The van der Waals surface area contributed by atoms with Crippen LogP contribution in [-0.4, -0.2) is 30.6 Å². The summed E-state index contributed by atoms with van der Waals surface area (Å²) >= 11 is 0. The molecule has 2 bridgehead atoms. The molecule has 8 heteroatoms. The minimum atomic E-state index is -0.421. The van der Waals surface area contributed by atoms with Crippen molar-refractivity contribution in [3.63, 3.8) is 0 Å². The highest BCUT2D eigenvalue weighted by molar-refractivity contribution is 5.85. The van der Waals surface area contributed by atoms with E-state index in [0.717, 1.165) is 31.2 Å². The number of rotatable bonds is 5. The molecule has 27 heavy (non-hydrogen) atoms. The number of hydrogen-bond acceptors (Lipinski definition) is 3. The van der Waals surface area contributed by atoms with Gasteiger partial charge in [0.1, 0.15) is 5.82 Å². The first-order chi connectivity index (χ1) is 12.5. The summed E-state index contributed by atoms with van der Waals surface area (Å²) in [6, 6.07) is 5.90. The maximum atomic E-state index is 12.8. The van der Waals surface area contributed by atoms with E-state index in [0.29, 0.717) is 11.8 Å². The third kappa shape index (κ3) is 6.07. The highest BCUT2D eigenvalue weighted by Crippen LogP contribution is 2.39. The summed E-state index contributed by atoms with van der Waals surface area (Å²) in [6.07, 6.45) is 5.36. The average Bonchev–Trinajstić information content (AvgIpc) is 2.60. The van der Waals surface area contributed by atoms with Crippen molar-refractivity contribution in [2.75, 3.05) is 6.54 Å². The Balaban J connectivity index is 0.00000261. The van der Waals surface area contributed by atoms with Crippen LogP contribution in [0.5, 0.6) is 0 Å². The second-order valence-corrected chi connectivity index (χ2v) is 7.44. The molecule has 2 unspecified atom stereocenters. The molecule has 6 nitrogen and oxygen atoms in total. The maximum Gasteiger partial charge on any atom is 0.315 e. The predicted octanol–water partition coefficient (Wildman–Crippen LogP) is 2.07. The summed E-state index contributed by atoms with van der Waals surface area (Å²) < 4.78 is 12.8. The highest BCUT2D eigenvalue weighted by Gasteiger charge is 2.39. The first kappa shape index (κ1) is 21.4. The van der Waals surface area contributed by atoms with Gasteiger partial charge in [-0.2, -0.15) is 0 Å². The van der Waals surface area contributed by atoms with Gasteiger partial charge in [0.2, 0.25) is 5.91 Å². The van der Waals surface area contributed by atoms with Crippen molar-refractivity contribution in [2.24, 2.45) is 17.6 Å². The molecular weight excluding hydrogens is 371 g/mol. The van der Waals surface area contributed by atoms with E-state index in [1.54, 1.807) is 12.1 Å². The Morgan fingerprint density at radius 1 is 1.07 bits per heavy atom. The number of urea groups is 1. The Kier molecular flexibility index (Phi) is 7.86. The number of nitrogens with two attached hydrogens (primary N) is 1. The molecule has 0 spiro atoms. The Hall–Kier alpha value is -1.86. The van der Waals surface area contributed by atoms with E-state index in [-0.39, 0.29) is 49.3 Å². The Bertz CT molecular complexity index is 629. The second-order valence-electron chi connectivity index (χ2n) is 7.44. The van der Waals surface area contributed by atoms with Gasteiger partial charge in [-0.1, -0.05) is 18.6 Å². The third-order valence-corrected chi connectivity index (χ3v) is 5.48. The van der Waals surface area contributed by atoms with Crippen LogP contribution in [0.4, 0.5) is 9.18 Å². The fourth-order valence-corrected chi connectivity index (χ4v) is 4.27. The van der Waals surface area contributed by atoms with E-state index < -0.39 is 6.03 Å². The van der Waals surface area contributed by atoms with Gasteiger partial charge in [0.25, 0.3) is 0 Å². The third-order valence-electron chi connectivity index (χ3n) is 5.48. The van der Waals surface area contributed by atoms with E-state index in [1.807, 2.05) is 0 Å². The SMILES string of the molecule is Cl.NC1CC2CCCC(C1)C2NC(=O)CNC(=O)NCc1ccc(F)cc1. The van der Waals surface area contributed by atoms with E-state index in [2.05, 4.69) is 16.0 Å². The molecule has 2 aliphatic rings. The fraction of sp³-hybridized carbons (Fsp3) is 0.579. The lowest BCUT2D eigenvalue weighted by atomic mass is 9.67. The summed E-state index contributed by atoms with van der Waals surface area (Å²) in [5, 5.41) is 8.32. The number of amides is 3. The zero-order valence-corrected chi connectivity index (χ0v) is 16.1. The summed E-state index contributed by atoms with van der Waals surface area (Å²) in [6.45, 7) is 0.218. The van der Waals surface area contributed by atoms with Gasteiger partial charge in [0.05, 0.1) is 6.54 Å². The largest absolute Gasteiger partial charge is 0.351 e. The van der Waals surface area contributed by atoms with E-state index >= 15 is 0 Å². The van der Waals surface area contributed by atoms with Crippen LogP contribution in [0.15, 0.2) is 24.3 Å². The van der Waals surface area contributed by atoms with Gasteiger partial charge in [-0.3, -0.25) is 4.79 Å². The molecule has 5 N–H and O–H groups in total. The zero-order chi connectivity index (χ0) is 18.5. The first-order valence-corrected chi connectivity index (χ1v) is 9.32. The van der Waals surface area contributed by atoms with Gasteiger partial charge >= 0.3 is 6.03 Å². The van der Waals surface area contributed by atoms with E-state index in [4.69, 9.17) is 5.73 Å². The Morgan fingerprint density at radius 3 is 2.33 bits per heavy atom. The smallest absolute Gasteiger partial charge is 0.315 e. The van der Waals surface area contributed by atoms with Crippen LogP contribution in [-0.2, 0) is 11.3 Å². The Morgan fingerprint density at radius 2 is 1.70 bits per heavy atom. The standard InChI is InChI=1S/C19H27FN4O2.ClH/c20-15-6-4-12(5-7-15)10-22-19(26)23-11-17(25)24-18-13-2-1-3-14(18)9-16(21)8-13;/h4-7,13-14,16,18H,1-3,8-11,21H2,(H,24,25)(H2,22,23,26);1H. The molecule has 2 fully saturated rings. The Labute approximate surface area is 165 Å². The van der Waals surface area contributed by atoms with Crippen molar-refractivity contribution < 1.29 is 14.0 Å². The number of fused-ring (bicyclic) bond motifs is 2. The molecule has 1 aromatic carbocycles. The van der Waals surface area contributed by atoms with Crippen molar-refractivity contribution in [2.45, 2.75) is 50.7 Å². The minimum absolute atomic E-state index is 0. The first-order valence-electron chi connectivity index (χ1n) is 9.32. The quantitative estimate of drug-likeness (QED) is 0.611. The number of carbonyl (C=O) groups is 2. The molecule has 1 aromatic rings. The normalized spacial score (nSPS) is 26.4. The van der Waals surface area contributed by atoms with Crippen LogP contribution in [0.1, 0.15) is 37.7 Å². The summed E-state index contributed by atoms with van der Waals surface area (Å²) in [5.41, 5.74) is 6.90. The molecular formula is C19H28ClFN4O2. The van der Waals surface area contributed by atoms with Gasteiger partial charge in [-0.05, 0) is 55.2 Å². The summed E-state index contributed by atoms with van der Waals surface area (Å²) in [5.74, 6) is 0.421. The van der Waals surface area contributed by atoms with Crippen LogP contribution in [0.2, 0.25) is 0 Å². The predicted molar refractivity (Wildman–Crippen MR) is 104 cm³/mol. The van der Waals surface area contributed by atoms with Gasteiger partial charge in [0, 0.05) is 18.6 Å². The molecule has 0 aliphatic heterocycles. The number of benzene rings is 1. The molecule has 0 radical (unpaired) electrons. The summed E-state index contributed by atoms with van der Waals surface area (Å²) in [4.78, 5) is 24.0. The van der Waals surface area contributed by atoms with Crippen LogP contribution in [0.3, 0.4) is 0 Å². The minimum Gasteiger partial charge on any atom is -0.351 e. The lowest BCUT2D eigenvalue weighted by Crippen LogP contribution is -2.55. The molecule has 0 saturated heterocycles. The van der Waals surface area contributed by atoms with Crippen molar-refractivity contribution in [3.05, 3.63) is 35.6 Å². The molecule has 150 valence electrons. The van der Waals surface area contributed by atoms with Crippen LogP contribution in [0.25, 0.3) is 0 Å². The van der Waals surface area contributed by atoms with Gasteiger partial charge < -0.3 is 21.7 Å². The molecule has 3 rings (SSSR count). The number of carbonyl (C=O) groups excluding carboxylic acids is 2. The maximum absolute atomic E-state index is 12.8. The fourth-order valence-electron chi connectivity index (χ4n) is 4.27. The van der Waals surface area contributed by atoms with Crippen LogP contribution in [0, 0.1) is 17.7 Å². The summed E-state index contributed by atoms with van der Waals surface area (Å²) in [7, 11) is 0. The molecule has 2 atom stereocenters. The topological polar surface area (TPSA) is 96.2 Å². The van der Waals surface area contributed by atoms with Crippen molar-refractivity contribution >= 4 is 24.3 Å². The van der Waals surface area contributed by atoms with Gasteiger partial charge in [-0.15, -0.1) is 12.4 Å². The molecule has 0 aromatic heterocycles. The molecule has 2 saturated carbocycles. The van der Waals surface area contributed by atoms with Gasteiger partial charge in [-0.25, -0.2) is 9.18 Å². The van der Waals surface area contributed by atoms with Gasteiger partial charge in [0.15, 0.2) is 0 Å². The lowest BCUT2D eigenvalue weighted by Gasteiger charge is -2.45. The monoisotopic (exact) mass is 398 g/mol. The molecule has 0 heterocycles. The van der Waals surface area contributed by atoms with Crippen LogP contribution >= 0.6 is 12.4 Å². The zero-order valence-electron chi connectivity index (χ0n) is 15.2.